The van der Waals surface area contributed by atoms with Gasteiger partial charge >= 0.3 is 6.03 Å². The number of ether oxygens (including phenoxy) is 3. The Morgan fingerprint density at radius 3 is 2.86 bits per heavy atom. The van der Waals surface area contributed by atoms with Gasteiger partial charge in [0.2, 0.25) is 12.7 Å². The van der Waals surface area contributed by atoms with Crippen molar-refractivity contribution in [3.05, 3.63) is 48.0 Å². The van der Waals surface area contributed by atoms with Crippen molar-refractivity contribution in [2.75, 3.05) is 45.0 Å². The number of urea groups is 1. The predicted octanol–water partition coefficient (Wildman–Crippen LogP) is 2.02. The Morgan fingerprint density at radius 1 is 1.14 bits per heavy atom. The summed E-state index contributed by atoms with van der Waals surface area (Å²) in [4.78, 5) is 28.2. The van der Waals surface area contributed by atoms with Gasteiger partial charge < -0.3 is 24.4 Å². The fourth-order valence-corrected chi connectivity index (χ4v) is 3.43. The summed E-state index contributed by atoms with van der Waals surface area (Å²) in [5, 5.41) is 2.88. The van der Waals surface area contributed by atoms with Crippen LogP contribution in [0.1, 0.15) is 5.56 Å². The normalized spacial score (nSPS) is 15.0. The molecule has 8 nitrogen and oxygen atoms in total. The molecular formula is C21H23N3O5. The number of anilines is 1. The minimum absolute atomic E-state index is 0.0397. The Morgan fingerprint density at radius 2 is 2.00 bits per heavy atom. The maximum Gasteiger partial charge on any atom is 0.325 e. The maximum absolute atomic E-state index is 12.7. The third-order valence-electron chi connectivity index (χ3n) is 4.97. The monoisotopic (exact) mass is 397 g/mol. The van der Waals surface area contributed by atoms with E-state index >= 15 is 0 Å². The van der Waals surface area contributed by atoms with Crippen LogP contribution in [-0.4, -0.2) is 56.9 Å². The number of carbonyl (C=O) groups is 2. The van der Waals surface area contributed by atoms with Gasteiger partial charge in [-0.25, -0.2) is 4.79 Å². The molecule has 2 aromatic carbocycles. The summed E-state index contributed by atoms with van der Waals surface area (Å²) < 4.78 is 15.9. The van der Waals surface area contributed by atoms with Crippen LogP contribution in [0.3, 0.4) is 0 Å². The Balaban J connectivity index is 1.27. The maximum atomic E-state index is 12.7. The Hall–Kier alpha value is -3.42. The van der Waals surface area contributed by atoms with Gasteiger partial charge in [0, 0.05) is 31.4 Å². The number of hydrogen-bond acceptors (Lipinski definition) is 5. The highest BCUT2D eigenvalue weighted by molar-refractivity contribution is 5.96. The summed E-state index contributed by atoms with van der Waals surface area (Å²) in [5.41, 5.74) is 1.82. The molecule has 1 fully saturated rings. The van der Waals surface area contributed by atoms with E-state index in [0.29, 0.717) is 37.6 Å². The molecular weight excluding hydrogens is 374 g/mol. The molecule has 2 aliphatic rings. The van der Waals surface area contributed by atoms with E-state index in [1.54, 1.807) is 29.0 Å². The molecule has 4 rings (SSSR count). The van der Waals surface area contributed by atoms with Crippen LogP contribution >= 0.6 is 0 Å². The highest BCUT2D eigenvalue weighted by Crippen LogP contribution is 2.36. The summed E-state index contributed by atoms with van der Waals surface area (Å²) in [6, 6.07) is 12.9. The predicted molar refractivity (Wildman–Crippen MR) is 107 cm³/mol. The standard InChI is InChI=1S/C21H23N3O5/c1-27-17-4-2-3-15(11-17)7-8-22-20(25)13-23-9-10-24(21(23)26)16-5-6-18-19(12-16)29-14-28-18/h2-6,11-12H,7-10,13-14H2,1H3,(H,22,25). The number of methoxy groups -OCH3 is 1. The van der Waals surface area contributed by atoms with Gasteiger partial charge in [0.15, 0.2) is 11.5 Å². The van der Waals surface area contributed by atoms with E-state index in [9.17, 15) is 9.59 Å². The first-order valence-corrected chi connectivity index (χ1v) is 9.50. The molecule has 0 bridgehead atoms. The second-order valence-electron chi connectivity index (χ2n) is 6.84. The van der Waals surface area contributed by atoms with Crippen LogP contribution in [-0.2, 0) is 11.2 Å². The summed E-state index contributed by atoms with van der Waals surface area (Å²) >= 11 is 0. The van der Waals surface area contributed by atoms with Crippen molar-refractivity contribution in [2.45, 2.75) is 6.42 Å². The first-order valence-electron chi connectivity index (χ1n) is 9.50. The van der Waals surface area contributed by atoms with Gasteiger partial charge in [-0.3, -0.25) is 9.69 Å². The van der Waals surface area contributed by atoms with Crippen LogP contribution in [0.5, 0.6) is 17.2 Å². The van der Waals surface area contributed by atoms with Gasteiger partial charge in [-0.05, 0) is 36.2 Å². The zero-order valence-corrected chi connectivity index (χ0v) is 16.2. The molecule has 8 heteroatoms. The lowest BCUT2D eigenvalue weighted by Crippen LogP contribution is -2.40. The first-order chi connectivity index (χ1) is 14.1. The lowest BCUT2D eigenvalue weighted by molar-refractivity contribution is -0.121. The molecule has 0 aliphatic carbocycles. The van der Waals surface area contributed by atoms with Crippen molar-refractivity contribution in [2.24, 2.45) is 0 Å². The van der Waals surface area contributed by atoms with E-state index in [2.05, 4.69) is 5.32 Å². The molecule has 2 heterocycles. The smallest absolute Gasteiger partial charge is 0.325 e. The second kappa shape index (κ2) is 8.30. The van der Waals surface area contributed by atoms with Crippen LogP contribution in [0.25, 0.3) is 0 Å². The van der Waals surface area contributed by atoms with Crippen molar-refractivity contribution >= 4 is 17.6 Å². The molecule has 0 atom stereocenters. The van der Waals surface area contributed by atoms with Crippen LogP contribution in [0, 0.1) is 0 Å². The van der Waals surface area contributed by atoms with Gasteiger partial charge in [-0.2, -0.15) is 0 Å². The van der Waals surface area contributed by atoms with Gasteiger partial charge in [-0.1, -0.05) is 12.1 Å². The molecule has 1 saturated heterocycles. The zero-order chi connectivity index (χ0) is 20.2. The lowest BCUT2D eigenvalue weighted by atomic mass is 10.1. The molecule has 0 radical (unpaired) electrons. The number of rotatable bonds is 7. The minimum Gasteiger partial charge on any atom is -0.497 e. The fourth-order valence-electron chi connectivity index (χ4n) is 3.43. The second-order valence-corrected chi connectivity index (χ2v) is 6.84. The lowest BCUT2D eigenvalue weighted by Gasteiger charge is -2.18. The van der Waals surface area contributed by atoms with E-state index in [4.69, 9.17) is 14.2 Å². The van der Waals surface area contributed by atoms with E-state index in [1.807, 2.05) is 30.3 Å². The topological polar surface area (TPSA) is 80.3 Å². The van der Waals surface area contributed by atoms with Crippen molar-refractivity contribution in [1.29, 1.82) is 0 Å². The van der Waals surface area contributed by atoms with E-state index in [1.165, 1.54) is 0 Å². The first kappa shape index (κ1) is 18.9. The molecule has 152 valence electrons. The summed E-state index contributed by atoms with van der Waals surface area (Å²) in [6.07, 6.45) is 0.695. The van der Waals surface area contributed by atoms with Gasteiger partial charge in [0.05, 0.1) is 7.11 Å². The third-order valence-corrected chi connectivity index (χ3v) is 4.97. The molecule has 2 aliphatic heterocycles. The highest BCUT2D eigenvalue weighted by Gasteiger charge is 2.31. The number of nitrogens with one attached hydrogen (secondary N) is 1. The van der Waals surface area contributed by atoms with Gasteiger partial charge in [0.25, 0.3) is 0 Å². The Labute approximate surface area is 168 Å². The Bertz CT molecular complexity index is 917. The van der Waals surface area contributed by atoms with Gasteiger partial charge in [-0.15, -0.1) is 0 Å². The molecule has 2 aromatic rings. The molecule has 0 unspecified atom stereocenters. The van der Waals surface area contributed by atoms with Crippen LogP contribution in [0.2, 0.25) is 0 Å². The molecule has 1 N–H and O–H groups in total. The fraction of sp³-hybridized carbons (Fsp3) is 0.333. The largest absolute Gasteiger partial charge is 0.497 e. The SMILES string of the molecule is COc1cccc(CCNC(=O)CN2CCN(c3ccc4c(c3)OCO4)C2=O)c1. The van der Waals surface area contributed by atoms with Crippen LogP contribution < -0.4 is 24.4 Å². The molecule has 0 spiro atoms. The van der Waals surface area contributed by atoms with Crippen LogP contribution in [0.4, 0.5) is 10.5 Å². The van der Waals surface area contributed by atoms with Gasteiger partial charge in [0.1, 0.15) is 12.3 Å². The van der Waals surface area contributed by atoms with E-state index < -0.39 is 0 Å². The highest BCUT2D eigenvalue weighted by atomic mass is 16.7. The van der Waals surface area contributed by atoms with E-state index in [0.717, 1.165) is 17.0 Å². The number of carbonyl (C=O) groups excluding carboxylic acids is 2. The van der Waals surface area contributed by atoms with Crippen molar-refractivity contribution < 1.29 is 23.8 Å². The van der Waals surface area contributed by atoms with Crippen LogP contribution in [0.15, 0.2) is 42.5 Å². The average Bonchev–Trinajstić information content (AvgIpc) is 3.34. The number of amides is 3. The molecule has 0 saturated carbocycles. The summed E-state index contributed by atoms with van der Waals surface area (Å²) in [7, 11) is 1.63. The molecule has 29 heavy (non-hydrogen) atoms. The number of fused-ring (bicyclic) bond motifs is 1. The quantitative estimate of drug-likeness (QED) is 0.773. The van der Waals surface area contributed by atoms with E-state index in [-0.39, 0.29) is 25.3 Å². The number of hydrogen-bond donors (Lipinski definition) is 1. The number of benzene rings is 2. The van der Waals surface area contributed by atoms with Crippen molar-refractivity contribution in [3.8, 4) is 17.2 Å². The third kappa shape index (κ3) is 4.21. The molecule has 3 amide bonds. The van der Waals surface area contributed by atoms with Crippen molar-refractivity contribution in [1.82, 2.24) is 10.2 Å². The van der Waals surface area contributed by atoms with Crippen molar-refractivity contribution in [3.63, 3.8) is 0 Å². The summed E-state index contributed by atoms with van der Waals surface area (Å²) in [5.74, 6) is 1.92. The molecule has 0 aromatic heterocycles. The minimum atomic E-state index is -0.188. The summed E-state index contributed by atoms with van der Waals surface area (Å²) in [6.45, 7) is 1.75. The average molecular weight is 397 g/mol. The zero-order valence-electron chi connectivity index (χ0n) is 16.2. The number of nitrogens with zero attached hydrogens (tertiary/aromatic N) is 2. The Kier molecular flexibility index (Phi) is 5.41.